The van der Waals surface area contributed by atoms with Gasteiger partial charge in [-0.3, -0.25) is 24.8 Å². The highest BCUT2D eigenvalue weighted by Crippen LogP contribution is 2.24. The van der Waals surface area contributed by atoms with E-state index in [1.54, 1.807) is 53.4 Å². The Morgan fingerprint density at radius 2 is 1.74 bits per heavy atom. The first-order valence-electron chi connectivity index (χ1n) is 11.9. The highest BCUT2D eigenvalue weighted by molar-refractivity contribution is 6.11. The van der Waals surface area contributed by atoms with Gasteiger partial charge < -0.3 is 14.8 Å². The number of amidine groups is 1. The number of rotatable bonds is 7. The lowest BCUT2D eigenvalue weighted by Crippen LogP contribution is -2.41. The second-order valence-electron chi connectivity index (χ2n) is 8.69. The predicted molar refractivity (Wildman–Crippen MR) is 131 cm³/mol. The van der Waals surface area contributed by atoms with Crippen molar-refractivity contribution in [2.75, 3.05) is 37.7 Å². The summed E-state index contributed by atoms with van der Waals surface area (Å²) in [6.07, 6.45) is 0.830. The summed E-state index contributed by atoms with van der Waals surface area (Å²) in [7, 11) is 0. The number of hydrogen-bond donors (Lipinski definition) is 2. The number of likely N-dealkylation sites (tertiary alicyclic amines) is 1. The third kappa shape index (κ3) is 6.05. The summed E-state index contributed by atoms with van der Waals surface area (Å²) in [6.45, 7) is 4.79. The molecule has 35 heavy (non-hydrogen) atoms. The minimum Gasteiger partial charge on any atom is -0.466 e. The van der Waals surface area contributed by atoms with Crippen LogP contribution >= 0.6 is 0 Å². The normalized spacial score (nSPS) is 18.7. The molecule has 2 N–H and O–H groups in total. The maximum Gasteiger partial charge on any atom is 0.414 e. The Kier molecular flexibility index (Phi) is 7.77. The van der Waals surface area contributed by atoms with Crippen LogP contribution in [0.3, 0.4) is 0 Å². The molecule has 2 aliphatic heterocycles. The zero-order chi connectivity index (χ0) is 24.8. The SMILES string of the molecule is CCOC(=O)C1CCN(CC2CN(c3ccc(C(=N)NC(=O)c4ccccc4)cc3)C(=O)O2)CC1. The molecule has 2 saturated heterocycles. The summed E-state index contributed by atoms with van der Waals surface area (Å²) in [5.74, 6) is -0.541. The van der Waals surface area contributed by atoms with Crippen molar-refractivity contribution in [2.24, 2.45) is 5.92 Å². The first kappa shape index (κ1) is 24.4. The number of carbonyl (C=O) groups excluding carboxylic acids is 3. The molecule has 1 atom stereocenters. The first-order valence-corrected chi connectivity index (χ1v) is 11.9. The average molecular weight is 479 g/mol. The molecule has 2 aromatic rings. The van der Waals surface area contributed by atoms with Crippen LogP contribution in [0, 0.1) is 11.3 Å². The molecule has 0 aromatic heterocycles. The van der Waals surface area contributed by atoms with Gasteiger partial charge in [-0.2, -0.15) is 0 Å². The molecule has 0 aliphatic carbocycles. The Balaban J connectivity index is 1.28. The largest absolute Gasteiger partial charge is 0.466 e. The van der Waals surface area contributed by atoms with Crippen LogP contribution in [-0.2, 0) is 14.3 Å². The van der Waals surface area contributed by atoms with E-state index in [1.807, 2.05) is 13.0 Å². The molecule has 2 amide bonds. The van der Waals surface area contributed by atoms with Gasteiger partial charge in [0, 0.05) is 23.4 Å². The molecule has 2 aliphatic rings. The lowest BCUT2D eigenvalue weighted by molar-refractivity contribution is -0.149. The van der Waals surface area contributed by atoms with Gasteiger partial charge in [0.15, 0.2) is 0 Å². The summed E-state index contributed by atoms with van der Waals surface area (Å²) in [5, 5.41) is 10.8. The van der Waals surface area contributed by atoms with E-state index in [-0.39, 0.29) is 29.7 Å². The van der Waals surface area contributed by atoms with Gasteiger partial charge in [0.05, 0.1) is 19.1 Å². The molecule has 2 aromatic carbocycles. The molecule has 9 nitrogen and oxygen atoms in total. The molecule has 0 radical (unpaired) electrons. The second kappa shape index (κ2) is 11.1. The molecule has 0 bridgehead atoms. The highest BCUT2D eigenvalue weighted by Gasteiger charge is 2.35. The lowest BCUT2D eigenvalue weighted by atomic mass is 9.97. The van der Waals surface area contributed by atoms with Crippen molar-refractivity contribution in [2.45, 2.75) is 25.9 Å². The molecular weight excluding hydrogens is 448 g/mol. The van der Waals surface area contributed by atoms with Gasteiger partial charge in [-0.05, 0) is 69.3 Å². The average Bonchev–Trinajstić information content (AvgIpc) is 3.24. The number of amides is 2. The fourth-order valence-corrected chi connectivity index (χ4v) is 4.38. The van der Waals surface area contributed by atoms with Crippen molar-refractivity contribution in [3.05, 3.63) is 65.7 Å². The molecule has 0 spiro atoms. The number of esters is 1. The zero-order valence-electron chi connectivity index (χ0n) is 19.7. The van der Waals surface area contributed by atoms with Gasteiger partial charge in [0.1, 0.15) is 11.9 Å². The number of hydrogen-bond acceptors (Lipinski definition) is 7. The number of nitrogens with one attached hydrogen (secondary N) is 2. The zero-order valence-corrected chi connectivity index (χ0v) is 19.7. The quantitative estimate of drug-likeness (QED) is 0.359. The Morgan fingerprint density at radius 3 is 2.40 bits per heavy atom. The van der Waals surface area contributed by atoms with Crippen molar-refractivity contribution in [1.29, 1.82) is 5.41 Å². The molecule has 184 valence electrons. The lowest BCUT2D eigenvalue weighted by Gasteiger charge is -2.31. The Morgan fingerprint density at radius 1 is 1.06 bits per heavy atom. The number of carbonyl (C=O) groups is 3. The topological polar surface area (TPSA) is 112 Å². The van der Waals surface area contributed by atoms with E-state index in [2.05, 4.69) is 10.2 Å². The monoisotopic (exact) mass is 478 g/mol. The van der Waals surface area contributed by atoms with E-state index >= 15 is 0 Å². The van der Waals surface area contributed by atoms with Crippen LogP contribution in [-0.4, -0.2) is 67.6 Å². The predicted octanol–water partition coefficient (Wildman–Crippen LogP) is 3.04. The fraction of sp³-hybridized carbons (Fsp3) is 0.385. The molecule has 9 heteroatoms. The van der Waals surface area contributed by atoms with Crippen molar-refractivity contribution in [3.63, 3.8) is 0 Å². The van der Waals surface area contributed by atoms with E-state index in [0.29, 0.717) is 36.5 Å². The first-order chi connectivity index (χ1) is 16.9. The van der Waals surface area contributed by atoms with Crippen molar-refractivity contribution >= 4 is 29.5 Å². The van der Waals surface area contributed by atoms with Crippen LogP contribution in [0.5, 0.6) is 0 Å². The molecule has 0 saturated carbocycles. The smallest absolute Gasteiger partial charge is 0.414 e. The van der Waals surface area contributed by atoms with E-state index in [4.69, 9.17) is 14.9 Å². The van der Waals surface area contributed by atoms with Gasteiger partial charge in [-0.15, -0.1) is 0 Å². The van der Waals surface area contributed by atoms with E-state index in [0.717, 1.165) is 25.9 Å². The number of benzene rings is 2. The van der Waals surface area contributed by atoms with Crippen LogP contribution in [0.2, 0.25) is 0 Å². The minimum atomic E-state index is -0.406. The van der Waals surface area contributed by atoms with Crippen LogP contribution < -0.4 is 10.2 Å². The van der Waals surface area contributed by atoms with Gasteiger partial charge in [-0.1, -0.05) is 18.2 Å². The molecule has 2 fully saturated rings. The maximum absolute atomic E-state index is 12.5. The van der Waals surface area contributed by atoms with E-state index in [9.17, 15) is 14.4 Å². The van der Waals surface area contributed by atoms with Crippen LogP contribution in [0.1, 0.15) is 35.7 Å². The van der Waals surface area contributed by atoms with Gasteiger partial charge >= 0.3 is 12.1 Å². The van der Waals surface area contributed by atoms with E-state index < -0.39 is 6.09 Å². The summed E-state index contributed by atoms with van der Waals surface area (Å²) >= 11 is 0. The molecule has 2 heterocycles. The second-order valence-corrected chi connectivity index (χ2v) is 8.69. The third-order valence-corrected chi connectivity index (χ3v) is 6.29. The van der Waals surface area contributed by atoms with Crippen LogP contribution in [0.25, 0.3) is 0 Å². The van der Waals surface area contributed by atoms with Crippen LogP contribution in [0.15, 0.2) is 54.6 Å². The number of nitrogens with zero attached hydrogens (tertiary/aromatic N) is 2. The number of cyclic esters (lactones) is 1. The summed E-state index contributed by atoms with van der Waals surface area (Å²) in [4.78, 5) is 40.5. The summed E-state index contributed by atoms with van der Waals surface area (Å²) in [5.41, 5.74) is 1.68. The van der Waals surface area contributed by atoms with Gasteiger partial charge in [-0.25, -0.2) is 4.79 Å². The number of anilines is 1. The summed E-state index contributed by atoms with van der Waals surface area (Å²) in [6, 6.07) is 15.6. The molecular formula is C26H30N4O5. The standard InChI is InChI=1S/C26H30N4O5/c1-2-34-25(32)20-12-14-29(15-13-20)16-22-17-30(26(33)35-22)21-10-8-18(9-11-21)23(27)28-24(31)19-6-4-3-5-7-19/h3-11,20,22H,2,12-17H2,1H3,(H2,27,28,31). The Bertz CT molecular complexity index is 1060. The number of ether oxygens (including phenoxy) is 2. The summed E-state index contributed by atoms with van der Waals surface area (Å²) < 4.78 is 10.7. The fourth-order valence-electron chi connectivity index (χ4n) is 4.38. The highest BCUT2D eigenvalue weighted by atomic mass is 16.6. The van der Waals surface area contributed by atoms with Crippen molar-refractivity contribution in [3.8, 4) is 0 Å². The van der Waals surface area contributed by atoms with E-state index in [1.165, 1.54) is 0 Å². The van der Waals surface area contributed by atoms with Crippen molar-refractivity contribution < 1.29 is 23.9 Å². The van der Waals surface area contributed by atoms with Crippen molar-refractivity contribution in [1.82, 2.24) is 10.2 Å². The Hall–Kier alpha value is -3.72. The maximum atomic E-state index is 12.5. The number of piperidine rings is 1. The minimum absolute atomic E-state index is 0.0153. The van der Waals surface area contributed by atoms with Crippen LogP contribution in [0.4, 0.5) is 10.5 Å². The van der Waals surface area contributed by atoms with Gasteiger partial charge in [0.2, 0.25) is 0 Å². The Labute approximate surface area is 204 Å². The molecule has 1 unspecified atom stereocenters. The van der Waals surface area contributed by atoms with Gasteiger partial charge in [0.25, 0.3) is 5.91 Å². The molecule has 4 rings (SSSR count). The third-order valence-electron chi connectivity index (χ3n) is 6.29.